The molecule has 0 aromatic heterocycles. The highest BCUT2D eigenvalue weighted by molar-refractivity contribution is 14.1. The zero-order valence-corrected chi connectivity index (χ0v) is 7.70. The van der Waals surface area contributed by atoms with Crippen LogP contribution in [0.4, 0.5) is 4.79 Å². The summed E-state index contributed by atoms with van der Waals surface area (Å²) in [7, 11) is 0. The van der Waals surface area contributed by atoms with Gasteiger partial charge in [-0.25, -0.2) is 0 Å². The van der Waals surface area contributed by atoms with Gasteiger partial charge in [0, 0.05) is 17.0 Å². The number of likely N-dealkylation sites (tertiary alicyclic amines) is 1. The van der Waals surface area contributed by atoms with Gasteiger partial charge in [0.05, 0.1) is 0 Å². The summed E-state index contributed by atoms with van der Waals surface area (Å²) in [6.45, 7) is 1.30. The molecule has 0 saturated carbocycles. The first kappa shape index (κ1) is 8.10. The van der Waals surface area contributed by atoms with Crippen molar-refractivity contribution in [3.05, 3.63) is 0 Å². The van der Waals surface area contributed by atoms with Gasteiger partial charge in [0.1, 0.15) is 6.09 Å². The SMILES string of the molecule is O=C([O-])N1CCC(I)CC1. The van der Waals surface area contributed by atoms with Crippen molar-refractivity contribution in [1.29, 1.82) is 0 Å². The Morgan fingerprint density at radius 1 is 1.50 bits per heavy atom. The van der Waals surface area contributed by atoms with Gasteiger partial charge in [-0.15, -0.1) is 0 Å². The van der Waals surface area contributed by atoms with Crippen molar-refractivity contribution < 1.29 is 9.90 Å². The molecule has 0 N–H and O–H groups in total. The molecule has 1 rings (SSSR count). The molecule has 58 valence electrons. The molecule has 10 heavy (non-hydrogen) atoms. The summed E-state index contributed by atoms with van der Waals surface area (Å²) >= 11 is 2.35. The first-order valence-corrected chi connectivity index (χ1v) is 4.54. The molecule has 4 heteroatoms. The van der Waals surface area contributed by atoms with Crippen molar-refractivity contribution in [3.8, 4) is 0 Å². The number of amides is 1. The number of carbonyl (C=O) groups excluding carboxylic acids is 1. The van der Waals surface area contributed by atoms with Gasteiger partial charge in [0.25, 0.3) is 0 Å². The van der Waals surface area contributed by atoms with Crippen LogP contribution in [-0.2, 0) is 0 Å². The molecule has 3 nitrogen and oxygen atoms in total. The fraction of sp³-hybridized carbons (Fsp3) is 0.833. The summed E-state index contributed by atoms with van der Waals surface area (Å²) in [4.78, 5) is 11.6. The van der Waals surface area contributed by atoms with Gasteiger partial charge in [-0.1, -0.05) is 22.6 Å². The molecule has 0 aromatic rings. The number of hydrogen-bond acceptors (Lipinski definition) is 2. The standard InChI is InChI=1S/C6H10INO2/c7-5-1-3-8(4-2-5)6(9)10/h5H,1-4H2,(H,9,10)/p-1. The van der Waals surface area contributed by atoms with E-state index in [0.29, 0.717) is 17.0 Å². The number of alkyl halides is 1. The first-order chi connectivity index (χ1) is 4.70. The number of rotatable bonds is 0. The molecule has 0 aliphatic carbocycles. The molecule has 1 aliphatic rings. The molecular formula is C6H9INO2-. The van der Waals surface area contributed by atoms with Gasteiger partial charge in [-0.05, 0) is 12.8 Å². The smallest absolute Gasteiger partial charge is 0.136 e. The van der Waals surface area contributed by atoms with Crippen LogP contribution in [0.1, 0.15) is 12.8 Å². The van der Waals surface area contributed by atoms with E-state index in [2.05, 4.69) is 22.6 Å². The van der Waals surface area contributed by atoms with Crippen LogP contribution in [0.5, 0.6) is 0 Å². The van der Waals surface area contributed by atoms with Crippen LogP contribution < -0.4 is 5.11 Å². The first-order valence-electron chi connectivity index (χ1n) is 3.30. The molecule has 0 unspecified atom stereocenters. The number of halogens is 1. The monoisotopic (exact) mass is 254 g/mol. The van der Waals surface area contributed by atoms with E-state index in [1.54, 1.807) is 0 Å². The topological polar surface area (TPSA) is 43.4 Å². The van der Waals surface area contributed by atoms with Gasteiger partial charge >= 0.3 is 0 Å². The third-order valence-corrected chi connectivity index (χ3v) is 2.93. The second-order valence-corrected chi connectivity index (χ2v) is 4.19. The fourth-order valence-corrected chi connectivity index (χ4v) is 1.59. The second kappa shape index (κ2) is 3.41. The summed E-state index contributed by atoms with van der Waals surface area (Å²) in [5.41, 5.74) is 0. The Hall–Kier alpha value is 0. The number of carboxylic acid groups (broad SMARTS) is 1. The zero-order chi connectivity index (χ0) is 7.56. The quantitative estimate of drug-likeness (QED) is 0.458. The lowest BCUT2D eigenvalue weighted by Crippen LogP contribution is -2.45. The highest BCUT2D eigenvalue weighted by Crippen LogP contribution is 2.17. The van der Waals surface area contributed by atoms with Crippen LogP contribution in [0.2, 0.25) is 0 Å². The van der Waals surface area contributed by atoms with E-state index in [9.17, 15) is 9.90 Å². The molecule has 0 spiro atoms. The van der Waals surface area contributed by atoms with E-state index in [1.807, 2.05) is 0 Å². The molecule has 0 atom stereocenters. The van der Waals surface area contributed by atoms with Crippen molar-refractivity contribution in [3.63, 3.8) is 0 Å². The molecule has 0 radical (unpaired) electrons. The Kier molecular flexibility index (Phi) is 2.76. The van der Waals surface area contributed by atoms with Gasteiger partial charge < -0.3 is 14.8 Å². The van der Waals surface area contributed by atoms with Crippen LogP contribution in [0, 0.1) is 0 Å². The molecule has 1 heterocycles. The van der Waals surface area contributed by atoms with Crippen molar-refractivity contribution >= 4 is 28.7 Å². The summed E-state index contributed by atoms with van der Waals surface area (Å²) < 4.78 is 0.646. The van der Waals surface area contributed by atoms with Crippen LogP contribution in [0.3, 0.4) is 0 Å². The summed E-state index contributed by atoms with van der Waals surface area (Å²) in [6.07, 6.45) is 0.909. The van der Waals surface area contributed by atoms with Crippen LogP contribution in [0.25, 0.3) is 0 Å². The highest BCUT2D eigenvalue weighted by Gasteiger charge is 2.15. The third kappa shape index (κ3) is 2.00. The average Bonchev–Trinajstić information content (AvgIpc) is 1.88. The Morgan fingerprint density at radius 2 is 2.00 bits per heavy atom. The van der Waals surface area contributed by atoms with Crippen molar-refractivity contribution in [2.45, 2.75) is 16.8 Å². The maximum Gasteiger partial charge on any atom is 0.136 e. The molecule has 1 aliphatic heterocycles. The summed E-state index contributed by atoms with van der Waals surface area (Å²) in [6, 6.07) is 0. The van der Waals surface area contributed by atoms with E-state index in [1.165, 1.54) is 4.90 Å². The predicted octanol–water partition coefficient (Wildman–Crippen LogP) is 0.229. The minimum absolute atomic E-state index is 0.646. The maximum absolute atomic E-state index is 10.3. The molecule has 0 aromatic carbocycles. The lowest BCUT2D eigenvalue weighted by Gasteiger charge is -2.31. The van der Waals surface area contributed by atoms with Crippen LogP contribution >= 0.6 is 22.6 Å². The molecule has 1 amide bonds. The van der Waals surface area contributed by atoms with Crippen LogP contribution in [-0.4, -0.2) is 28.0 Å². The van der Waals surface area contributed by atoms with E-state index >= 15 is 0 Å². The number of hydrogen-bond donors (Lipinski definition) is 0. The molecular weight excluding hydrogens is 245 g/mol. The number of carbonyl (C=O) groups is 1. The molecule has 0 bridgehead atoms. The van der Waals surface area contributed by atoms with E-state index in [-0.39, 0.29) is 0 Å². The summed E-state index contributed by atoms with van der Waals surface area (Å²) in [5, 5.41) is 10.3. The van der Waals surface area contributed by atoms with Crippen molar-refractivity contribution in [2.24, 2.45) is 0 Å². The van der Waals surface area contributed by atoms with Gasteiger partial charge in [-0.2, -0.15) is 0 Å². The Labute approximate surface area is 73.5 Å². The van der Waals surface area contributed by atoms with Crippen molar-refractivity contribution in [2.75, 3.05) is 13.1 Å². The lowest BCUT2D eigenvalue weighted by atomic mass is 10.1. The largest absolute Gasteiger partial charge is 0.530 e. The van der Waals surface area contributed by atoms with E-state index < -0.39 is 6.09 Å². The van der Waals surface area contributed by atoms with Gasteiger partial charge in [0.15, 0.2) is 0 Å². The minimum atomic E-state index is -1.02. The Morgan fingerprint density at radius 3 is 2.40 bits per heavy atom. The summed E-state index contributed by atoms with van der Waals surface area (Å²) in [5.74, 6) is 0. The normalized spacial score (nSPS) is 21.1. The fourth-order valence-electron chi connectivity index (χ4n) is 1.03. The Bertz CT molecular complexity index is 132. The third-order valence-electron chi connectivity index (χ3n) is 1.68. The predicted molar refractivity (Wildman–Crippen MR) is 44.0 cm³/mol. The van der Waals surface area contributed by atoms with Crippen LogP contribution in [0.15, 0.2) is 0 Å². The highest BCUT2D eigenvalue weighted by atomic mass is 127. The zero-order valence-electron chi connectivity index (χ0n) is 5.55. The number of nitrogens with zero attached hydrogens (tertiary/aromatic N) is 1. The second-order valence-electron chi connectivity index (χ2n) is 2.43. The average molecular weight is 254 g/mol. The molecule has 1 saturated heterocycles. The lowest BCUT2D eigenvalue weighted by molar-refractivity contribution is -0.266. The molecule has 1 fully saturated rings. The van der Waals surface area contributed by atoms with Gasteiger partial charge in [-0.3, -0.25) is 0 Å². The van der Waals surface area contributed by atoms with E-state index in [4.69, 9.17) is 0 Å². The number of piperidine rings is 1. The van der Waals surface area contributed by atoms with E-state index in [0.717, 1.165) is 12.8 Å². The van der Waals surface area contributed by atoms with Gasteiger partial charge in [0.2, 0.25) is 0 Å². The minimum Gasteiger partial charge on any atom is -0.530 e. The maximum atomic E-state index is 10.3. The van der Waals surface area contributed by atoms with Crippen molar-refractivity contribution in [1.82, 2.24) is 4.90 Å². The Balaban J connectivity index is 2.33.